The van der Waals surface area contributed by atoms with E-state index in [2.05, 4.69) is 10.3 Å². The van der Waals surface area contributed by atoms with Crippen LogP contribution in [0, 0.1) is 0 Å². The second-order valence-corrected chi connectivity index (χ2v) is 4.74. The van der Waals surface area contributed by atoms with Gasteiger partial charge in [0, 0.05) is 12.3 Å². The lowest BCUT2D eigenvalue weighted by Crippen LogP contribution is -3.00. The Kier molecular flexibility index (Phi) is 5.95. The van der Waals surface area contributed by atoms with Gasteiger partial charge >= 0.3 is 0 Å². The van der Waals surface area contributed by atoms with E-state index < -0.39 is 0 Å². The number of ether oxygens (including phenoxy) is 1. The first-order chi connectivity index (χ1) is 7.79. The van der Waals surface area contributed by atoms with Gasteiger partial charge in [0.2, 0.25) is 0 Å². The molecule has 1 aromatic rings. The summed E-state index contributed by atoms with van der Waals surface area (Å²) in [6.07, 6.45) is 0. The van der Waals surface area contributed by atoms with E-state index in [1.165, 1.54) is 5.56 Å². The van der Waals surface area contributed by atoms with Gasteiger partial charge in [0.25, 0.3) is 0 Å². The van der Waals surface area contributed by atoms with Gasteiger partial charge in [0.1, 0.15) is 5.75 Å². The number of nitrogens with one attached hydrogen (secondary N) is 1. The van der Waals surface area contributed by atoms with Gasteiger partial charge in [-0.15, -0.1) is 0 Å². The largest absolute Gasteiger partial charge is 1.00 e. The molecule has 0 unspecified atom stereocenters. The number of amidine groups is 1. The van der Waals surface area contributed by atoms with Crippen molar-refractivity contribution in [3.05, 3.63) is 28.8 Å². The van der Waals surface area contributed by atoms with Gasteiger partial charge in [-0.25, -0.2) is 0 Å². The molecule has 1 aliphatic heterocycles. The van der Waals surface area contributed by atoms with E-state index in [-0.39, 0.29) is 12.4 Å². The van der Waals surface area contributed by atoms with Crippen molar-refractivity contribution in [1.29, 1.82) is 0 Å². The number of aliphatic imine (C=N–C) groups is 1. The molecule has 0 saturated heterocycles. The fourth-order valence-electron chi connectivity index (χ4n) is 1.42. The minimum absolute atomic E-state index is 0. The van der Waals surface area contributed by atoms with Gasteiger partial charge in [-0.05, 0) is 17.7 Å². The molecule has 0 fully saturated rings. The maximum Gasteiger partial charge on any atom is 0.157 e. The Labute approximate surface area is 116 Å². The van der Waals surface area contributed by atoms with Gasteiger partial charge in [-0.1, -0.05) is 29.4 Å². The number of methoxy groups -OCH3 is 1. The molecule has 6 heteroatoms. The van der Waals surface area contributed by atoms with E-state index in [0.29, 0.717) is 10.8 Å². The molecule has 1 aromatic carbocycles. The molecule has 3 nitrogen and oxygen atoms in total. The van der Waals surface area contributed by atoms with Crippen LogP contribution in [-0.2, 0) is 5.75 Å². The highest BCUT2D eigenvalue weighted by Gasteiger charge is 2.07. The van der Waals surface area contributed by atoms with E-state index in [1.807, 2.05) is 18.2 Å². The molecule has 0 atom stereocenters. The molecule has 1 aliphatic rings. The lowest BCUT2D eigenvalue weighted by atomic mass is 10.2. The van der Waals surface area contributed by atoms with E-state index >= 15 is 0 Å². The predicted octanol–water partition coefficient (Wildman–Crippen LogP) is -0.455. The van der Waals surface area contributed by atoms with Crippen LogP contribution in [0.5, 0.6) is 5.75 Å². The third kappa shape index (κ3) is 3.98. The zero-order chi connectivity index (χ0) is 11.4. The third-order valence-corrected chi connectivity index (χ3v) is 3.56. The topological polar surface area (TPSA) is 33.6 Å². The van der Waals surface area contributed by atoms with Gasteiger partial charge < -0.3 is 22.5 Å². The molecule has 17 heavy (non-hydrogen) atoms. The van der Waals surface area contributed by atoms with E-state index in [9.17, 15) is 0 Å². The van der Waals surface area contributed by atoms with Crippen molar-refractivity contribution in [2.75, 3.05) is 20.2 Å². The summed E-state index contributed by atoms with van der Waals surface area (Å²) in [7, 11) is 1.62. The third-order valence-electron chi connectivity index (χ3n) is 2.24. The summed E-state index contributed by atoms with van der Waals surface area (Å²) in [5, 5.41) is 4.89. The molecule has 0 saturated carbocycles. The van der Waals surface area contributed by atoms with Crippen molar-refractivity contribution in [2.45, 2.75) is 5.75 Å². The summed E-state index contributed by atoms with van der Waals surface area (Å²) in [5.41, 5.74) is 1.17. The number of nitrogens with zero attached hydrogens (tertiary/aromatic N) is 1. The normalized spacial score (nSPS) is 13.6. The van der Waals surface area contributed by atoms with Crippen LogP contribution < -0.4 is 22.5 Å². The highest BCUT2D eigenvalue weighted by molar-refractivity contribution is 8.13. The van der Waals surface area contributed by atoms with Gasteiger partial charge in [-0.2, -0.15) is 0 Å². The zero-order valence-corrected chi connectivity index (χ0v) is 11.7. The van der Waals surface area contributed by atoms with Crippen LogP contribution in [0.25, 0.3) is 0 Å². The van der Waals surface area contributed by atoms with Crippen LogP contribution in [0.2, 0.25) is 5.02 Å². The first-order valence-corrected chi connectivity index (χ1v) is 6.39. The molecule has 94 valence electrons. The van der Waals surface area contributed by atoms with Crippen molar-refractivity contribution in [2.24, 2.45) is 4.99 Å². The maximum absolute atomic E-state index is 6.04. The second-order valence-electron chi connectivity index (χ2n) is 3.37. The van der Waals surface area contributed by atoms with E-state index in [4.69, 9.17) is 16.3 Å². The quantitative estimate of drug-likeness (QED) is 0.819. The fraction of sp³-hybridized carbons (Fsp3) is 0.364. The fourth-order valence-corrected chi connectivity index (χ4v) is 2.57. The Balaban J connectivity index is 0.00000144. The van der Waals surface area contributed by atoms with Gasteiger partial charge in [-0.3, -0.25) is 4.99 Å². The lowest BCUT2D eigenvalue weighted by molar-refractivity contribution is -0.00000347. The van der Waals surface area contributed by atoms with Crippen LogP contribution in [0.15, 0.2) is 23.2 Å². The van der Waals surface area contributed by atoms with Gasteiger partial charge in [0.15, 0.2) is 5.17 Å². The molecule has 0 aliphatic carbocycles. The molecule has 0 amide bonds. The zero-order valence-electron chi connectivity index (χ0n) is 9.37. The number of hydrogen-bond acceptors (Lipinski definition) is 4. The number of hydrogen-bond donors (Lipinski definition) is 1. The molecule has 0 aromatic heterocycles. The molecular formula is C11H13Cl2N2OS-. The second kappa shape index (κ2) is 6.99. The van der Waals surface area contributed by atoms with Crippen LogP contribution in [0.3, 0.4) is 0 Å². The van der Waals surface area contributed by atoms with Crippen LogP contribution in [-0.4, -0.2) is 25.4 Å². The predicted molar refractivity (Wildman–Crippen MR) is 69.6 cm³/mol. The summed E-state index contributed by atoms with van der Waals surface area (Å²) < 4.78 is 5.10. The Bertz CT molecular complexity index is 412. The molecule has 2 rings (SSSR count). The van der Waals surface area contributed by atoms with Crippen LogP contribution in [0.4, 0.5) is 0 Å². The Hall–Kier alpha value is -0.580. The molecule has 0 spiro atoms. The minimum Gasteiger partial charge on any atom is -1.00 e. The summed E-state index contributed by atoms with van der Waals surface area (Å²) in [6, 6.07) is 5.85. The Morgan fingerprint density at radius 1 is 1.53 bits per heavy atom. The van der Waals surface area contributed by atoms with E-state index in [0.717, 1.165) is 24.0 Å². The Morgan fingerprint density at radius 2 is 2.35 bits per heavy atom. The molecule has 0 bridgehead atoms. The SMILES string of the molecule is COc1ccc(CSC2=NCCN2)cc1Cl.[Cl-]. The average molecular weight is 292 g/mol. The van der Waals surface area contributed by atoms with E-state index in [1.54, 1.807) is 18.9 Å². The highest BCUT2D eigenvalue weighted by Crippen LogP contribution is 2.26. The van der Waals surface area contributed by atoms with Crippen molar-refractivity contribution in [3.8, 4) is 5.75 Å². The number of benzene rings is 1. The van der Waals surface area contributed by atoms with Crippen LogP contribution >= 0.6 is 23.4 Å². The minimum atomic E-state index is 0. The van der Waals surface area contributed by atoms with Crippen molar-refractivity contribution in [1.82, 2.24) is 5.32 Å². The maximum atomic E-state index is 6.04. The van der Waals surface area contributed by atoms with Crippen LogP contribution in [0.1, 0.15) is 5.56 Å². The highest BCUT2D eigenvalue weighted by atomic mass is 35.5. The molecule has 1 N–H and O–H groups in total. The molecule has 1 heterocycles. The standard InChI is InChI=1S/C11H13ClN2OS.ClH/c1-15-10-3-2-8(6-9(10)12)7-16-11-13-4-5-14-11;/h2-3,6H,4-5,7H2,1H3,(H,13,14);1H/p-1. The van der Waals surface area contributed by atoms with Crippen molar-refractivity contribution < 1.29 is 17.1 Å². The number of rotatable bonds is 3. The molecule has 0 radical (unpaired) electrons. The lowest BCUT2D eigenvalue weighted by Gasteiger charge is -2.06. The monoisotopic (exact) mass is 291 g/mol. The summed E-state index contributed by atoms with van der Waals surface area (Å²) in [6.45, 7) is 1.83. The Morgan fingerprint density at radius 3 is 2.94 bits per heavy atom. The van der Waals surface area contributed by atoms with Crippen molar-refractivity contribution >= 4 is 28.5 Å². The van der Waals surface area contributed by atoms with Crippen molar-refractivity contribution in [3.63, 3.8) is 0 Å². The first-order valence-electron chi connectivity index (χ1n) is 5.03. The number of halogens is 2. The summed E-state index contributed by atoms with van der Waals surface area (Å²) in [4.78, 5) is 4.32. The average Bonchev–Trinajstić information content (AvgIpc) is 2.79. The van der Waals surface area contributed by atoms with Gasteiger partial charge in [0.05, 0.1) is 18.7 Å². The summed E-state index contributed by atoms with van der Waals surface area (Å²) in [5.74, 6) is 1.59. The first kappa shape index (κ1) is 14.5. The summed E-state index contributed by atoms with van der Waals surface area (Å²) >= 11 is 7.74. The smallest absolute Gasteiger partial charge is 0.157 e. The molecular weight excluding hydrogens is 279 g/mol. The number of thioether (sulfide) groups is 1.